The lowest BCUT2D eigenvalue weighted by Crippen LogP contribution is -2.51. The third kappa shape index (κ3) is 6.64. The second-order valence-electron chi connectivity index (χ2n) is 16.5. The van der Waals surface area contributed by atoms with Gasteiger partial charge in [0.1, 0.15) is 5.75 Å². The number of hydrogen-bond acceptors (Lipinski definition) is 8. The lowest BCUT2D eigenvalue weighted by atomic mass is 9.82. The van der Waals surface area contributed by atoms with Gasteiger partial charge in [0, 0.05) is 29.6 Å². The first-order valence-corrected chi connectivity index (χ1v) is 23.6. The van der Waals surface area contributed by atoms with Gasteiger partial charge in [0.25, 0.3) is 11.5 Å². The van der Waals surface area contributed by atoms with Crippen molar-refractivity contribution in [1.29, 1.82) is 0 Å². The van der Waals surface area contributed by atoms with Gasteiger partial charge in [0.2, 0.25) is 0 Å². The van der Waals surface area contributed by atoms with E-state index >= 15 is 4.79 Å². The standard InChI is InChI=1S/C48H48N6O5Si/c1-32-45(60(3,4)38-22-20-37(58-2)21-23-38)44(25-26-52-30-42(50-51-52)40(31-55)34-15-9-6-10-16-34)59-48(32)41-27-36(54-46(56)39-18-12-11-17-35(39)28-49-54)19-24-43(41)53(47(48)57)29-33-13-7-5-8-14-33/h5-24,27-28,30,32,40,44-45,55H,25-26,29,31H2,1-4H3/t32-,40?,44+,45-,48+/m1/s1. The monoisotopic (exact) mass is 816 g/mol. The van der Waals surface area contributed by atoms with Crippen molar-refractivity contribution in [2.45, 2.75) is 62.7 Å². The average molecular weight is 817 g/mol. The van der Waals surface area contributed by atoms with Gasteiger partial charge in [-0.2, -0.15) is 9.78 Å². The third-order valence-electron chi connectivity index (χ3n) is 12.9. The molecule has 60 heavy (non-hydrogen) atoms. The van der Waals surface area contributed by atoms with Crippen molar-refractivity contribution in [3.05, 3.63) is 173 Å². The number of aliphatic hydroxyl groups excluding tert-OH is 1. The number of benzene rings is 5. The molecule has 7 aromatic rings. The Morgan fingerprint density at radius 2 is 1.62 bits per heavy atom. The average Bonchev–Trinajstić information content (AvgIpc) is 3.94. The molecular formula is C48H48N6O5Si. The summed E-state index contributed by atoms with van der Waals surface area (Å²) in [5.41, 5.74) is 3.09. The molecule has 1 spiro atoms. The molecule has 1 unspecified atom stereocenters. The van der Waals surface area contributed by atoms with E-state index in [1.165, 1.54) is 9.87 Å². The molecule has 5 atom stereocenters. The molecule has 2 aliphatic rings. The zero-order valence-electron chi connectivity index (χ0n) is 34.2. The normalized spacial score (nSPS) is 20.5. The number of amides is 1. The van der Waals surface area contributed by atoms with Crippen molar-refractivity contribution in [2.75, 3.05) is 18.6 Å². The Hall–Kier alpha value is -6.21. The molecule has 11 nitrogen and oxygen atoms in total. The first kappa shape index (κ1) is 39.3. The Morgan fingerprint density at radius 3 is 2.35 bits per heavy atom. The van der Waals surface area contributed by atoms with Gasteiger partial charge in [-0.1, -0.05) is 121 Å². The van der Waals surface area contributed by atoms with Crippen molar-refractivity contribution >= 4 is 35.6 Å². The van der Waals surface area contributed by atoms with E-state index in [-0.39, 0.29) is 41.6 Å². The Kier molecular flexibility index (Phi) is 10.3. The fraction of sp³-hybridized carbons (Fsp3) is 0.271. The largest absolute Gasteiger partial charge is 0.497 e. The summed E-state index contributed by atoms with van der Waals surface area (Å²) in [6, 6.07) is 41.3. The van der Waals surface area contributed by atoms with E-state index in [1.54, 1.807) is 13.3 Å². The summed E-state index contributed by atoms with van der Waals surface area (Å²) in [6.07, 6.45) is 3.82. The molecule has 2 aromatic heterocycles. The van der Waals surface area contributed by atoms with Gasteiger partial charge in [0.05, 0.1) is 69.0 Å². The predicted octanol–water partition coefficient (Wildman–Crippen LogP) is 6.96. The summed E-state index contributed by atoms with van der Waals surface area (Å²) in [7, 11) is -0.795. The van der Waals surface area contributed by atoms with Gasteiger partial charge in [-0.25, -0.2) is 0 Å². The summed E-state index contributed by atoms with van der Waals surface area (Å²) >= 11 is 0. The number of ether oxygens (including phenoxy) is 2. The van der Waals surface area contributed by atoms with Gasteiger partial charge in [-0.3, -0.25) is 14.3 Å². The van der Waals surface area contributed by atoms with Crippen LogP contribution in [0.1, 0.15) is 41.6 Å². The van der Waals surface area contributed by atoms with Crippen molar-refractivity contribution in [3.8, 4) is 11.4 Å². The molecule has 1 saturated heterocycles. The predicted molar refractivity (Wildman–Crippen MR) is 235 cm³/mol. The number of anilines is 1. The number of aliphatic hydroxyl groups is 1. The molecule has 0 aliphatic carbocycles. The summed E-state index contributed by atoms with van der Waals surface area (Å²) in [4.78, 5) is 31.3. The van der Waals surface area contributed by atoms with Crippen LogP contribution in [0.4, 0.5) is 5.69 Å². The minimum absolute atomic E-state index is 0.0259. The van der Waals surface area contributed by atoms with Crippen molar-refractivity contribution < 1.29 is 19.4 Å². The van der Waals surface area contributed by atoms with E-state index in [2.05, 4.69) is 47.6 Å². The molecule has 1 amide bonds. The minimum Gasteiger partial charge on any atom is -0.497 e. The van der Waals surface area contributed by atoms with Crippen molar-refractivity contribution in [2.24, 2.45) is 5.92 Å². The third-order valence-corrected chi connectivity index (χ3v) is 17.2. The lowest BCUT2D eigenvalue weighted by Gasteiger charge is -2.37. The molecule has 0 bridgehead atoms. The maximum Gasteiger partial charge on any atom is 0.279 e. The summed E-state index contributed by atoms with van der Waals surface area (Å²) in [5.74, 6) is 0.0983. The summed E-state index contributed by atoms with van der Waals surface area (Å²) < 4.78 is 16.2. The molecule has 5 aromatic carbocycles. The number of hydrogen-bond donors (Lipinski definition) is 1. The molecule has 12 heteroatoms. The first-order valence-electron chi connectivity index (χ1n) is 20.5. The van der Waals surface area contributed by atoms with Gasteiger partial charge in [-0.15, -0.1) is 5.10 Å². The zero-order chi connectivity index (χ0) is 41.6. The SMILES string of the molecule is COc1ccc([Si](C)(C)[C@H]2[C@H](CCn3cc(C(CO)c4ccccc4)nn3)O[C@@]3(C(=O)N(Cc4ccccc4)c4ccc(-n5ncc6ccccc6c5=O)cc43)[C@@H]2C)cc1. The van der Waals surface area contributed by atoms with Crippen LogP contribution in [0, 0.1) is 5.92 Å². The van der Waals surface area contributed by atoms with Crippen molar-refractivity contribution in [3.63, 3.8) is 0 Å². The maximum absolute atomic E-state index is 15.5. The minimum atomic E-state index is -2.46. The summed E-state index contributed by atoms with van der Waals surface area (Å²) in [5, 5.41) is 26.5. The molecule has 0 saturated carbocycles. The highest BCUT2D eigenvalue weighted by atomic mass is 28.3. The van der Waals surface area contributed by atoms with Crippen LogP contribution in [0.15, 0.2) is 145 Å². The number of carbonyl (C=O) groups is 1. The Morgan fingerprint density at radius 1 is 0.900 bits per heavy atom. The first-order chi connectivity index (χ1) is 29.1. The van der Waals surface area contributed by atoms with Crippen LogP contribution in [0.5, 0.6) is 5.75 Å². The Bertz CT molecular complexity index is 2720. The highest BCUT2D eigenvalue weighted by molar-refractivity contribution is 6.91. The lowest BCUT2D eigenvalue weighted by molar-refractivity contribution is -0.146. The summed E-state index contributed by atoms with van der Waals surface area (Å²) in [6.45, 7) is 7.65. The number of nitrogens with zero attached hydrogens (tertiary/aromatic N) is 6. The van der Waals surface area contributed by atoms with Crippen LogP contribution < -0.4 is 20.4 Å². The molecule has 304 valence electrons. The number of aromatic nitrogens is 5. The second kappa shape index (κ2) is 15.8. The topological polar surface area (TPSA) is 125 Å². The van der Waals surface area contributed by atoms with Gasteiger partial charge in [-0.05, 0) is 59.5 Å². The number of fused-ring (bicyclic) bond motifs is 3. The smallest absolute Gasteiger partial charge is 0.279 e. The van der Waals surface area contributed by atoms with Crippen LogP contribution in [-0.2, 0) is 28.2 Å². The van der Waals surface area contributed by atoms with Crippen LogP contribution in [-0.4, -0.2) is 63.7 Å². The van der Waals surface area contributed by atoms with Crippen LogP contribution in [0.3, 0.4) is 0 Å². The van der Waals surface area contributed by atoms with Crippen LogP contribution in [0.25, 0.3) is 16.5 Å². The highest BCUT2D eigenvalue weighted by Crippen LogP contribution is 2.60. The van der Waals surface area contributed by atoms with E-state index in [0.717, 1.165) is 33.5 Å². The highest BCUT2D eigenvalue weighted by Gasteiger charge is 2.66. The molecule has 1 N–H and O–H groups in total. The molecule has 1 fully saturated rings. The number of rotatable bonds is 12. The molecule has 2 aliphatic heterocycles. The van der Waals surface area contributed by atoms with Crippen molar-refractivity contribution in [1.82, 2.24) is 24.8 Å². The second-order valence-corrected chi connectivity index (χ2v) is 21.2. The number of carbonyl (C=O) groups excluding carboxylic acids is 1. The molecule has 0 radical (unpaired) electrons. The van der Waals surface area contributed by atoms with Gasteiger partial charge >= 0.3 is 0 Å². The Labute approximate surface area is 349 Å². The molecular weight excluding hydrogens is 769 g/mol. The zero-order valence-corrected chi connectivity index (χ0v) is 35.2. The number of aryl methyl sites for hydroxylation is 1. The van der Waals surface area contributed by atoms with Crippen LogP contribution in [0.2, 0.25) is 18.6 Å². The number of methoxy groups -OCH3 is 1. The van der Waals surface area contributed by atoms with E-state index in [9.17, 15) is 9.90 Å². The van der Waals surface area contributed by atoms with Gasteiger partial charge in [0.15, 0.2) is 5.60 Å². The molecule has 4 heterocycles. The van der Waals surface area contributed by atoms with E-state index in [0.29, 0.717) is 36.3 Å². The Balaban J connectivity index is 1.15. The fourth-order valence-electron chi connectivity index (χ4n) is 9.80. The van der Waals surface area contributed by atoms with Crippen LogP contribution >= 0.6 is 0 Å². The molecule has 9 rings (SSSR count). The van der Waals surface area contributed by atoms with E-state index < -0.39 is 13.7 Å². The van der Waals surface area contributed by atoms with E-state index in [4.69, 9.17) is 9.47 Å². The fourth-order valence-corrected chi connectivity index (χ4v) is 13.9. The quantitative estimate of drug-likeness (QED) is 0.131. The van der Waals surface area contributed by atoms with E-state index in [1.807, 2.05) is 131 Å². The van der Waals surface area contributed by atoms with Gasteiger partial charge < -0.3 is 19.5 Å². The maximum atomic E-state index is 15.5.